The normalized spacial score (nSPS) is 14.3. The summed E-state index contributed by atoms with van der Waals surface area (Å²) in [6, 6.07) is 8.96. The molecular weight excluding hydrogens is 240 g/mol. The molecular formula is C15H22N2S. The van der Waals surface area contributed by atoms with Crippen LogP contribution in [0, 0.1) is 5.41 Å². The molecule has 1 aromatic heterocycles. The van der Waals surface area contributed by atoms with Crippen molar-refractivity contribution in [2.75, 3.05) is 20.6 Å². The van der Waals surface area contributed by atoms with Crippen LogP contribution < -0.4 is 5.73 Å². The number of nitrogens with two attached hydrogens (primary N) is 1. The van der Waals surface area contributed by atoms with Gasteiger partial charge < -0.3 is 10.6 Å². The topological polar surface area (TPSA) is 29.3 Å². The Kier molecular flexibility index (Phi) is 3.76. The molecule has 2 aromatic rings. The molecule has 0 fully saturated rings. The number of benzene rings is 1. The largest absolute Gasteiger partial charge is 0.330 e. The number of nitrogens with zero attached hydrogens (tertiary/aromatic N) is 1. The highest BCUT2D eigenvalue weighted by Gasteiger charge is 2.32. The first-order valence-electron chi connectivity index (χ1n) is 6.30. The van der Waals surface area contributed by atoms with Gasteiger partial charge in [-0.1, -0.05) is 32.0 Å². The Hall–Kier alpha value is -0.900. The predicted molar refractivity (Wildman–Crippen MR) is 81.1 cm³/mol. The van der Waals surface area contributed by atoms with Gasteiger partial charge in [0.15, 0.2) is 0 Å². The zero-order chi connectivity index (χ0) is 13.3. The van der Waals surface area contributed by atoms with Crippen molar-refractivity contribution < 1.29 is 0 Å². The van der Waals surface area contributed by atoms with Crippen LogP contribution in [0.25, 0.3) is 10.1 Å². The van der Waals surface area contributed by atoms with E-state index in [4.69, 9.17) is 5.73 Å². The molecule has 0 aliphatic rings. The Bertz CT molecular complexity index is 528. The van der Waals surface area contributed by atoms with Crippen molar-refractivity contribution in [3.8, 4) is 0 Å². The zero-order valence-electron chi connectivity index (χ0n) is 11.6. The van der Waals surface area contributed by atoms with Crippen LogP contribution >= 0.6 is 11.3 Å². The summed E-state index contributed by atoms with van der Waals surface area (Å²) in [7, 11) is 4.27. The fourth-order valence-electron chi connectivity index (χ4n) is 2.72. The smallest absolute Gasteiger partial charge is 0.0419 e. The first-order valence-corrected chi connectivity index (χ1v) is 7.18. The van der Waals surface area contributed by atoms with E-state index in [1.165, 1.54) is 15.6 Å². The van der Waals surface area contributed by atoms with Crippen molar-refractivity contribution in [3.63, 3.8) is 0 Å². The van der Waals surface area contributed by atoms with Crippen LogP contribution in [0.4, 0.5) is 0 Å². The van der Waals surface area contributed by atoms with Crippen molar-refractivity contribution in [1.82, 2.24) is 4.90 Å². The SMILES string of the molecule is CN(C)C(c1csc2ccccc12)C(C)(C)CN. The van der Waals surface area contributed by atoms with E-state index in [9.17, 15) is 0 Å². The molecule has 1 heterocycles. The third-order valence-electron chi connectivity index (χ3n) is 3.59. The first-order chi connectivity index (χ1) is 8.47. The van der Waals surface area contributed by atoms with Gasteiger partial charge in [-0.3, -0.25) is 0 Å². The molecule has 2 N–H and O–H groups in total. The summed E-state index contributed by atoms with van der Waals surface area (Å²) in [5.41, 5.74) is 7.43. The van der Waals surface area contributed by atoms with Gasteiger partial charge in [0.25, 0.3) is 0 Å². The Labute approximate surface area is 113 Å². The minimum absolute atomic E-state index is 0.0628. The maximum absolute atomic E-state index is 5.97. The third-order valence-corrected chi connectivity index (χ3v) is 4.57. The molecule has 1 aromatic carbocycles. The lowest BCUT2D eigenvalue weighted by Gasteiger charge is -2.38. The van der Waals surface area contributed by atoms with Gasteiger partial charge in [-0.25, -0.2) is 0 Å². The lowest BCUT2D eigenvalue weighted by molar-refractivity contribution is 0.145. The standard InChI is InChI=1S/C15H22N2S/c1-15(2,10-16)14(17(3)4)12-9-18-13-8-6-5-7-11(12)13/h5-9,14H,10,16H2,1-4H3. The van der Waals surface area contributed by atoms with E-state index in [0.717, 1.165) is 0 Å². The average molecular weight is 262 g/mol. The molecule has 3 heteroatoms. The lowest BCUT2D eigenvalue weighted by atomic mass is 9.79. The van der Waals surface area contributed by atoms with Gasteiger partial charge in [-0.2, -0.15) is 0 Å². The molecule has 0 saturated heterocycles. The minimum atomic E-state index is 0.0628. The van der Waals surface area contributed by atoms with Crippen LogP contribution in [-0.2, 0) is 0 Å². The second kappa shape index (κ2) is 5.00. The highest BCUT2D eigenvalue weighted by atomic mass is 32.1. The molecule has 0 bridgehead atoms. The monoisotopic (exact) mass is 262 g/mol. The fraction of sp³-hybridized carbons (Fsp3) is 0.467. The van der Waals surface area contributed by atoms with E-state index in [-0.39, 0.29) is 5.41 Å². The van der Waals surface area contributed by atoms with Crippen molar-refractivity contribution in [1.29, 1.82) is 0 Å². The molecule has 1 unspecified atom stereocenters. The molecule has 98 valence electrons. The summed E-state index contributed by atoms with van der Waals surface area (Å²) >= 11 is 1.82. The number of hydrogen-bond acceptors (Lipinski definition) is 3. The third kappa shape index (κ3) is 2.30. The van der Waals surface area contributed by atoms with Crippen LogP contribution in [0.15, 0.2) is 29.6 Å². The van der Waals surface area contributed by atoms with Gasteiger partial charge in [0.05, 0.1) is 0 Å². The Morgan fingerprint density at radius 1 is 1.28 bits per heavy atom. The van der Waals surface area contributed by atoms with E-state index >= 15 is 0 Å². The van der Waals surface area contributed by atoms with E-state index < -0.39 is 0 Å². The van der Waals surface area contributed by atoms with Crippen LogP contribution in [0.2, 0.25) is 0 Å². The maximum atomic E-state index is 5.97. The second-order valence-electron chi connectivity index (χ2n) is 5.75. The van der Waals surface area contributed by atoms with Crippen molar-refractivity contribution >= 4 is 21.4 Å². The van der Waals surface area contributed by atoms with Gasteiger partial charge in [-0.15, -0.1) is 11.3 Å². The second-order valence-corrected chi connectivity index (χ2v) is 6.66. The van der Waals surface area contributed by atoms with Gasteiger partial charge in [0.2, 0.25) is 0 Å². The Morgan fingerprint density at radius 2 is 1.94 bits per heavy atom. The summed E-state index contributed by atoms with van der Waals surface area (Å²) in [6.45, 7) is 5.16. The van der Waals surface area contributed by atoms with Crippen LogP contribution in [-0.4, -0.2) is 25.5 Å². The molecule has 18 heavy (non-hydrogen) atoms. The summed E-state index contributed by atoms with van der Waals surface area (Å²) in [4.78, 5) is 2.28. The van der Waals surface area contributed by atoms with Gasteiger partial charge in [0, 0.05) is 10.7 Å². The average Bonchev–Trinajstić information content (AvgIpc) is 2.73. The Balaban J connectivity index is 2.56. The molecule has 0 amide bonds. The van der Waals surface area contributed by atoms with Crippen molar-refractivity contribution in [2.45, 2.75) is 19.9 Å². The van der Waals surface area contributed by atoms with Crippen LogP contribution in [0.3, 0.4) is 0 Å². The highest BCUT2D eigenvalue weighted by molar-refractivity contribution is 7.17. The molecule has 0 spiro atoms. The van der Waals surface area contributed by atoms with E-state index in [0.29, 0.717) is 12.6 Å². The fourth-order valence-corrected chi connectivity index (χ4v) is 3.70. The molecule has 0 aliphatic carbocycles. The summed E-state index contributed by atoms with van der Waals surface area (Å²) < 4.78 is 1.35. The van der Waals surface area contributed by atoms with Gasteiger partial charge in [-0.05, 0) is 48.5 Å². The van der Waals surface area contributed by atoms with Crippen LogP contribution in [0.5, 0.6) is 0 Å². The maximum Gasteiger partial charge on any atom is 0.0419 e. The van der Waals surface area contributed by atoms with Crippen molar-refractivity contribution in [3.05, 3.63) is 35.2 Å². The number of rotatable bonds is 4. The summed E-state index contributed by atoms with van der Waals surface area (Å²) in [6.07, 6.45) is 0. The summed E-state index contributed by atoms with van der Waals surface area (Å²) in [5, 5.41) is 3.65. The number of hydrogen-bond donors (Lipinski definition) is 1. The quantitative estimate of drug-likeness (QED) is 0.914. The highest BCUT2D eigenvalue weighted by Crippen LogP contribution is 2.41. The summed E-state index contributed by atoms with van der Waals surface area (Å²) in [5.74, 6) is 0. The van der Waals surface area contributed by atoms with Gasteiger partial charge >= 0.3 is 0 Å². The van der Waals surface area contributed by atoms with Gasteiger partial charge in [0.1, 0.15) is 0 Å². The van der Waals surface area contributed by atoms with E-state index in [2.05, 4.69) is 62.5 Å². The minimum Gasteiger partial charge on any atom is -0.330 e. The molecule has 0 saturated carbocycles. The van der Waals surface area contributed by atoms with Crippen molar-refractivity contribution in [2.24, 2.45) is 11.1 Å². The zero-order valence-corrected chi connectivity index (χ0v) is 12.4. The first kappa shape index (κ1) is 13.5. The molecule has 2 rings (SSSR count). The number of fused-ring (bicyclic) bond motifs is 1. The molecule has 2 nitrogen and oxygen atoms in total. The molecule has 1 atom stereocenters. The number of thiophene rings is 1. The van der Waals surface area contributed by atoms with Crippen LogP contribution in [0.1, 0.15) is 25.5 Å². The Morgan fingerprint density at radius 3 is 2.56 bits per heavy atom. The lowest BCUT2D eigenvalue weighted by Crippen LogP contribution is -2.38. The van der Waals surface area contributed by atoms with E-state index in [1.54, 1.807) is 0 Å². The molecule has 0 aliphatic heterocycles. The van der Waals surface area contributed by atoms with E-state index in [1.807, 2.05) is 11.3 Å². The molecule has 0 radical (unpaired) electrons. The predicted octanol–water partition coefficient (Wildman–Crippen LogP) is 3.49.